The maximum absolute atomic E-state index is 5.92. The van der Waals surface area contributed by atoms with Crippen LogP contribution in [0.1, 0.15) is 0 Å². The molecule has 18 heavy (non-hydrogen) atoms. The van der Waals surface area contributed by atoms with E-state index in [2.05, 4.69) is 56.8 Å². The molecular weight excluding hydrogens is 337 g/mol. The average molecular weight is 347 g/mol. The number of nitrogens with zero attached hydrogens (tertiary/aromatic N) is 2. The molecule has 0 amide bonds. The highest BCUT2D eigenvalue weighted by Gasteiger charge is 2.06. The lowest BCUT2D eigenvalue weighted by Gasteiger charge is -2.05. The molecule has 2 N–H and O–H groups in total. The van der Waals surface area contributed by atoms with Crippen LogP contribution < -0.4 is 5.73 Å². The predicted molar refractivity (Wildman–Crippen MR) is 82.1 cm³/mol. The summed E-state index contributed by atoms with van der Waals surface area (Å²) in [5.74, 6) is 0.470. The first-order chi connectivity index (χ1) is 8.74. The number of aromatic nitrogens is 2. The van der Waals surface area contributed by atoms with Crippen LogP contribution in [0, 0.1) is 3.70 Å². The summed E-state index contributed by atoms with van der Waals surface area (Å²) in [6.07, 6.45) is 1.72. The normalized spacial score (nSPS) is 10.7. The summed E-state index contributed by atoms with van der Waals surface area (Å²) in [5.41, 5.74) is 7.65. The van der Waals surface area contributed by atoms with E-state index in [9.17, 15) is 0 Å². The molecule has 0 spiro atoms. The van der Waals surface area contributed by atoms with Crippen molar-refractivity contribution in [1.29, 1.82) is 0 Å². The maximum Gasteiger partial charge on any atom is 0.151 e. The highest BCUT2D eigenvalue weighted by atomic mass is 127. The fourth-order valence-corrected chi connectivity index (χ4v) is 2.34. The predicted octanol–water partition coefficient (Wildman–Crippen LogP) is 3.48. The molecule has 1 aromatic heterocycles. The Morgan fingerprint density at radius 3 is 2.56 bits per heavy atom. The van der Waals surface area contributed by atoms with Gasteiger partial charge in [0.15, 0.2) is 5.82 Å². The molecule has 0 bridgehead atoms. The van der Waals surface area contributed by atoms with Gasteiger partial charge in [0.25, 0.3) is 0 Å². The summed E-state index contributed by atoms with van der Waals surface area (Å²) in [4.78, 5) is 8.59. The van der Waals surface area contributed by atoms with Crippen LogP contribution in [0.5, 0.6) is 0 Å². The molecule has 0 unspecified atom stereocenters. The summed E-state index contributed by atoms with van der Waals surface area (Å²) >= 11 is 2.10. The molecular formula is C14H10IN3. The second kappa shape index (κ2) is 4.53. The van der Waals surface area contributed by atoms with E-state index in [0.717, 1.165) is 15.0 Å². The van der Waals surface area contributed by atoms with Gasteiger partial charge in [-0.3, -0.25) is 0 Å². The van der Waals surface area contributed by atoms with Gasteiger partial charge in [0.05, 0.1) is 6.20 Å². The van der Waals surface area contributed by atoms with Crippen molar-refractivity contribution < 1.29 is 0 Å². The zero-order valence-electron chi connectivity index (χ0n) is 9.47. The van der Waals surface area contributed by atoms with Crippen molar-refractivity contribution >= 4 is 39.2 Å². The van der Waals surface area contributed by atoms with Crippen LogP contribution in [0.4, 0.5) is 5.82 Å². The summed E-state index contributed by atoms with van der Waals surface area (Å²) in [5, 5.41) is 2.38. The molecule has 1 heterocycles. The van der Waals surface area contributed by atoms with Gasteiger partial charge >= 0.3 is 0 Å². The quantitative estimate of drug-likeness (QED) is 0.686. The molecule has 0 saturated carbocycles. The van der Waals surface area contributed by atoms with Crippen molar-refractivity contribution in [2.24, 2.45) is 0 Å². The Morgan fingerprint density at radius 2 is 1.78 bits per heavy atom. The van der Waals surface area contributed by atoms with Crippen LogP contribution in [0.25, 0.3) is 22.0 Å². The van der Waals surface area contributed by atoms with E-state index in [1.165, 1.54) is 10.8 Å². The van der Waals surface area contributed by atoms with Gasteiger partial charge in [-0.2, -0.15) is 0 Å². The highest BCUT2D eigenvalue weighted by molar-refractivity contribution is 14.1. The first-order valence-electron chi connectivity index (χ1n) is 5.51. The van der Waals surface area contributed by atoms with Gasteiger partial charge in [-0.25, -0.2) is 9.97 Å². The van der Waals surface area contributed by atoms with E-state index >= 15 is 0 Å². The number of hydrogen-bond donors (Lipinski definition) is 1. The lowest BCUT2D eigenvalue weighted by molar-refractivity contribution is 1.18. The van der Waals surface area contributed by atoms with Gasteiger partial charge < -0.3 is 5.73 Å². The third-order valence-electron chi connectivity index (χ3n) is 2.79. The molecule has 2 aromatic carbocycles. The Labute approximate surface area is 118 Å². The van der Waals surface area contributed by atoms with Gasteiger partial charge in [0.1, 0.15) is 9.39 Å². The molecule has 3 aromatic rings. The SMILES string of the molecule is Nc1nc(I)cnc1-c1ccc2ccccc2c1. The van der Waals surface area contributed by atoms with Crippen LogP contribution in [0.2, 0.25) is 0 Å². The number of anilines is 1. The largest absolute Gasteiger partial charge is 0.382 e. The molecule has 4 heteroatoms. The van der Waals surface area contributed by atoms with Gasteiger partial charge in [-0.05, 0) is 39.4 Å². The van der Waals surface area contributed by atoms with Crippen molar-refractivity contribution in [3.05, 3.63) is 52.4 Å². The second-order valence-electron chi connectivity index (χ2n) is 3.99. The van der Waals surface area contributed by atoms with Crippen LogP contribution in [0.15, 0.2) is 48.7 Å². The molecule has 3 rings (SSSR count). The monoisotopic (exact) mass is 347 g/mol. The van der Waals surface area contributed by atoms with Gasteiger partial charge in [0.2, 0.25) is 0 Å². The number of hydrogen-bond acceptors (Lipinski definition) is 3. The van der Waals surface area contributed by atoms with Crippen LogP contribution in [-0.2, 0) is 0 Å². The minimum Gasteiger partial charge on any atom is -0.382 e. The van der Waals surface area contributed by atoms with Crippen LogP contribution in [-0.4, -0.2) is 9.97 Å². The number of nitrogens with two attached hydrogens (primary N) is 1. The Balaban J connectivity index is 2.19. The standard InChI is InChI=1S/C14H10IN3/c15-12-8-17-13(14(16)18-12)11-6-5-9-3-1-2-4-10(9)7-11/h1-8H,(H2,16,18). The Bertz CT molecular complexity index is 725. The molecule has 0 aliphatic carbocycles. The lowest BCUT2D eigenvalue weighted by Crippen LogP contribution is -1.98. The molecule has 0 saturated heterocycles. The first kappa shape index (κ1) is 11.4. The van der Waals surface area contributed by atoms with Crippen molar-refractivity contribution in [1.82, 2.24) is 9.97 Å². The fraction of sp³-hybridized carbons (Fsp3) is 0. The first-order valence-corrected chi connectivity index (χ1v) is 6.59. The Kier molecular flexibility index (Phi) is 2.87. The molecule has 0 atom stereocenters. The number of nitrogen functional groups attached to an aromatic ring is 1. The second-order valence-corrected chi connectivity index (χ2v) is 5.09. The fourth-order valence-electron chi connectivity index (χ4n) is 1.94. The van der Waals surface area contributed by atoms with Crippen molar-refractivity contribution in [3.63, 3.8) is 0 Å². The minimum absolute atomic E-state index is 0.470. The van der Waals surface area contributed by atoms with E-state index in [1.807, 2.05) is 18.2 Å². The molecule has 0 aliphatic heterocycles. The average Bonchev–Trinajstić information content (AvgIpc) is 2.38. The smallest absolute Gasteiger partial charge is 0.151 e. The third kappa shape index (κ3) is 2.03. The molecule has 3 nitrogen and oxygen atoms in total. The van der Waals surface area contributed by atoms with Crippen LogP contribution >= 0.6 is 22.6 Å². The van der Waals surface area contributed by atoms with Gasteiger partial charge in [-0.15, -0.1) is 0 Å². The van der Waals surface area contributed by atoms with Crippen molar-refractivity contribution in [2.45, 2.75) is 0 Å². The van der Waals surface area contributed by atoms with E-state index in [4.69, 9.17) is 5.73 Å². The lowest BCUT2D eigenvalue weighted by atomic mass is 10.1. The van der Waals surface area contributed by atoms with Crippen molar-refractivity contribution in [2.75, 3.05) is 5.73 Å². The number of halogens is 1. The molecule has 88 valence electrons. The Hall–Kier alpha value is -1.69. The number of benzene rings is 2. The van der Waals surface area contributed by atoms with E-state index in [-0.39, 0.29) is 0 Å². The van der Waals surface area contributed by atoms with Gasteiger partial charge in [-0.1, -0.05) is 36.4 Å². The van der Waals surface area contributed by atoms with Crippen LogP contribution in [0.3, 0.4) is 0 Å². The number of rotatable bonds is 1. The molecule has 0 aliphatic rings. The zero-order valence-corrected chi connectivity index (χ0v) is 11.6. The molecule has 0 fully saturated rings. The summed E-state index contributed by atoms with van der Waals surface area (Å²) in [6, 6.07) is 14.4. The van der Waals surface area contributed by atoms with Crippen molar-refractivity contribution in [3.8, 4) is 11.3 Å². The highest BCUT2D eigenvalue weighted by Crippen LogP contribution is 2.26. The van der Waals surface area contributed by atoms with E-state index in [1.54, 1.807) is 6.20 Å². The Morgan fingerprint density at radius 1 is 1.00 bits per heavy atom. The summed E-state index contributed by atoms with van der Waals surface area (Å²) in [7, 11) is 0. The zero-order chi connectivity index (χ0) is 12.5. The van der Waals surface area contributed by atoms with E-state index in [0.29, 0.717) is 5.82 Å². The van der Waals surface area contributed by atoms with Gasteiger partial charge in [0, 0.05) is 5.56 Å². The topological polar surface area (TPSA) is 51.8 Å². The van der Waals surface area contributed by atoms with E-state index < -0.39 is 0 Å². The maximum atomic E-state index is 5.92. The summed E-state index contributed by atoms with van der Waals surface area (Å²) in [6.45, 7) is 0. The minimum atomic E-state index is 0.470. The number of fused-ring (bicyclic) bond motifs is 1. The summed E-state index contributed by atoms with van der Waals surface area (Å²) < 4.78 is 0.801. The molecule has 0 radical (unpaired) electrons. The third-order valence-corrected chi connectivity index (χ3v) is 3.31.